The van der Waals surface area contributed by atoms with E-state index in [1.807, 2.05) is 0 Å². The van der Waals surface area contributed by atoms with E-state index >= 15 is 0 Å². The van der Waals surface area contributed by atoms with Gasteiger partial charge in [-0.25, -0.2) is 12.8 Å². The fraction of sp³-hybridized carbons (Fsp3) is 1.00. The number of alkyl halides is 18. The quantitative estimate of drug-likeness (QED) is 0.205. The van der Waals surface area contributed by atoms with Crippen molar-refractivity contribution in [3.63, 3.8) is 0 Å². The third kappa shape index (κ3) is 6.14. The van der Waals surface area contributed by atoms with Gasteiger partial charge in [0.25, 0.3) is 0 Å². The van der Waals surface area contributed by atoms with Crippen molar-refractivity contribution < 1.29 is 143 Å². The van der Waals surface area contributed by atoms with Crippen LogP contribution in [0.15, 0.2) is 0 Å². The van der Waals surface area contributed by atoms with E-state index in [-0.39, 0.29) is 51.4 Å². The molecule has 0 saturated carbocycles. The molecule has 0 amide bonds. The van der Waals surface area contributed by atoms with Crippen LogP contribution >= 0.6 is 0 Å². The van der Waals surface area contributed by atoms with Crippen LogP contribution in [-0.4, -0.2) is 66.1 Å². The maximum atomic E-state index is 13.4. The fourth-order valence-electron chi connectivity index (χ4n) is 2.00. The summed E-state index contributed by atoms with van der Waals surface area (Å²) in [7, 11) is -8.13. The molecule has 0 N–H and O–H groups in total. The van der Waals surface area contributed by atoms with Crippen LogP contribution in [0, 0.1) is 0 Å². The van der Waals surface area contributed by atoms with Crippen LogP contribution in [-0.2, 0) is 10.1 Å². The summed E-state index contributed by atoms with van der Waals surface area (Å²) in [5.74, 6) is -50.1. The Morgan fingerprint density at radius 1 is 0.600 bits per heavy atom. The van der Waals surface area contributed by atoms with E-state index in [0.717, 1.165) is 0 Å². The summed E-state index contributed by atoms with van der Waals surface area (Å²) in [6.07, 6.45) is -16.8. The monoisotopic (exact) mass is 612 g/mol. The van der Waals surface area contributed by atoms with E-state index in [1.165, 1.54) is 0 Å². The van der Waals surface area contributed by atoms with Crippen molar-refractivity contribution in [2.24, 2.45) is 0 Å². The molecule has 0 aromatic heterocycles. The molecule has 0 aromatic carbocycles. The van der Waals surface area contributed by atoms with E-state index in [4.69, 9.17) is 0 Å². The molecule has 0 bridgehead atoms. The third-order valence-corrected chi connectivity index (χ3v) is 4.87. The Bertz CT molecular complexity index is 836. The van der Waals surface area contributed by atoms with Gasteiger partial charge in [-0.2, -0.15) is 74.6 Å². The normalized spacial score (nSPS) is 16.7. The topological polar surface area (TPSA) is 57.2 Å². The first-order chi connectivity index (χ1) is 14.4. The zero-order chi connectivity index (χ0) is 28.2. The second kappa shape index (κ2) is 10.5. The van der Waals surface area contributed by atoms with Gasteiger partial charge in [-0.3, -0.25) is 0 Å². The molecule has 0 aliphatic rings. The second-order valence-electron chi connectivity index (χ2n) is 6.44. The predicted molar refractivity (Wildman–Crippen MR) is 69.1 cm³/mol. The molecule has 35 heavy (non-hydrogen) atoms. The number of rotatable bonds is 11. The van der Waals surface area contributed by atoms with Gasteiger partial charge in [0.05, 0.1) is 0 Å². The summed E-state index contributed by atoms with van der Waals surface area (Å²) in [4.78, 5) is 0. The maximum absolute atomic E-state index is 13.4. The standard InChI is InChI=1S/C12H8F18O3S.K/c13-4(2-1-3-5(14,15)16)6(17,18)7(19,20)8(21,22)9(23,24)10(25,26)11(27,28)12(29,30)34(31,32)33;/h4H,1-3H2,(H,31,32,33);/q;+1/p-1. The SMILES string of the molecule is O=S(=O)([O-])C(F)(F)C(F)(F)C(F)(F)C(F)(F)C(F)(F)C(F)(F)C(F)(F)C(F)CCCC(F)(F)F.[K+]. The average molecular weight is 612 g/mol. The summed E-state index contributed by atoms with van der Waals surface area (Å²) in [5, 5.41) is -7.92. The molecule has 1 unspecified atom stereocenters. The predicted octanol–water partition coefficient (Wildman–Crippen LogP) is 3.01. The molecule has 0 heterocycles. The van der Waals surface area contributed by atoms with E-state index < -0.39 is 82.5 Å². The van der Waals surface area contributed by atoms with Crippen LogP contribution in [0.5, 0.6) is 0 Å². The van der Waals surface area contributed by atoms with E-state index in [0.29, 0.717) is 0 Å². The van der Waals surface area contributed by atoms with E-state index in [9.17, 15) is 92.0 Å². The largest absolute Gasteiger partial charge is 1.00 e. The van der Waals surface area contributed by atoms with Gasteiger partial charge in [0.1, 0.15) is 0 Å². The molecule has 0 saturated heterocycles. The van der Waals surface area contributed by atoms with Crippen LogP contribution in [0.2, 0.25) is 0 Å². The average Bonchev–Trinajstić information content (AvgIpc) is 2.58. The van der Waals surface area contributed by atoms with Gasteiger partial charge in [0, 0.05) is 6.42 Å². The van der Waals surface area contributed by atoms with Crippen molar-refractivity contribution in [1.29, 1.82) is 0 Å². The summed E-state index contributed by atoms with van der Waals surface area (Å²) >= 11 is 0. The van der Waals surface area contributed by atoms with Gasteiger partial charge in [-0.15, -0.1) is 0 Å². The molecule has 0 rings (SSSR count). The maximum Gasteiger partial charge on any atom is 1.00 e. The minimum atomic E-state index is -8.77. The zero-order valence-corrected chi connectivity index (χ0v) is 20.1. The molecule has 0 aliphatic heterocycles. The van der Waals surface area contributed by atoms with Gasteiger partial charge in [0.15, 0.2) is 16.3 Å². The smallest absolute Gasteiger partial charge is 0.743 e. The molecule has 206 valence electrons. The first-order valence-corrected chi connectivity index (χ1v) is 9.09. The van der Waals surface area contributed by atoms with E-state index in [2.05, 4.69) is 0 Å². The molecule has 0 spiro atoms. The summed E-state index contributed by atoms with van der Waals surface area (Å²) in [5.41, 5.74) is 0. The Morgan fingerprint density at radius 3 is 1.23 bits per heavy atom. The second-order valence-corrected chi connectivity index (χ2v) is 7.86. The van der Waals surface area contributed by atoms with Gasteiger partial charge in [-0.05, 0) is 12.8 Å². The summed E-state index contributed by atoms with van der Waals surface area (Å²) in [6, 6.07) is 0. The van der Waals surface area contributed by atoms with Crippen LogP contribution in [0.1, 0.15) is 19.3 Å². The molecular formula is C12H7F18KO3S. The minimum absolute atomic E-state index is 0. The van der Waals surface area contributed by atoms with Crippen LogP contribution < -0.4 is 51.4 Å². The molecule has 0 aliphatic carbocycles. The van der Waals surface area contributed by atoms with Crippen LogP contribution in [0.3, 0.4) is 0 Å². The third-order valence-electron chi connectivity index (χ3n) is 3.99. The van der Waals surface area contributed by atoms with Crippen LogP contribution in [0.4, 0.5) is 79.0 Å². The van der Waals surface area contributed by atoms with Crippen molar-refractivity contribution in [3.8, 4) is 0 Å². The Morgan fingerprint density at radius 2 is 0.914 bits per heavy atom. The van der Waals surface area contributed by atoms with Gasteiger partial charge in [0.2, 0.25) is 0 Å². The molecule has 0 aromatic rings. The minimum Gasteiger partial charge on any atom is -0.743 e. The Balaban J connectivity index is 0. The molecule has 1 atom stereocenters. The number of hydrogen-bond acceptors (Lipinski definition) is 3. The van der Waals surface area contributed by atoms with Gasteiger partial charge >= 0.3 is 98.4 Å². The Hall–Kier alpha value is 0.286. The first kappa shape index (κ1) is 37.4. The molecular weight excluding hydrogens is 605 g/mol. The van der Waals surface area contributed by atoms with Crippen molar-refractivity contribution in [1.82, 2.24) is 0 Å². The Kier molecular flexibility index (Phi) is 11.2. The first-order valence-electron chi connectivity index (χ1n) is 7.69. The molecule has 0 radical (unpaired) electrons. The van der Waals surface area contributed by atoms with Crippen molar-refractivity contribution in [2.45, 2.75) is 72.4 Å². The van der Waals surface area contributed by atoms with Crippen LogP contribution in [0.25, 0.3) is 0 Å². The van der Waals surface area contributed by atoms with Crippen molar-refractivity contribution in [2.75, 3.05) is 0 Å². The summed E-state index contributed by atoms with van der Waals surface area (Å²) in [6.45, 7) is 0. The number of hydrogen-bond donors (Lipinski definition) is 0. The fourth-order valence-corrected chi connectivity index (χ4v) is 2.44. The molecule has 23 heteroatoms. The molecule has 3 nitrogen and oxygen atoms in total. The Labute approximate surface area is 224 Å². The van der Waals surface area contributed by atoms with Crippen molar-refractivity contribution >= 4 is 10.1 Å². The zero-order valence-electron chi connectivity index (χ0n) is 16.1. The number of halogens is 18. The van der Waals surface area contributed by atoms with Crippen molar-refractivity contribution in [3.05, 3.63) is 0 Å². The van der Waals surface area contributed by atoms with E-state index in [1.54, 1.807) is 0 Å². The van der Waals surface area contributed by atoms with Gasteiger partial charge in [-0.1, -0.05) is 0 Å². The van der Waals surface area contributed by atoms with Gasteiger partial charge < -0.3 is 4.55 Å². The molecule has 0 fully saturated rings. The summed E-state index contributed by atoms with van der Waals surface area (Å²) < 4.78 is 265.